The predicted molar refractivity (Wildman–Crippen MR) is 134 cm³/mol. The van der Waals surface area contributed by atoms with Crippen LogP contribution in [-0.2, 0) is 47.3 Å². The van der Waals surface area contributed by atoms with E-state index >= 15 is 0 Å². The molecule has 0 fully saturated rings. The van der Waals surface area contributed by atoms with Gasteiger partial charge in [0.25, 0.3) is 0 Å². The van der Waals surface area contributed by atoms with Crippen LogP contribution in [0.5, 0.6) is 0 Å². The molecule has 2 aliphatic rings. The number of aliphatic hydroxyl groups excluding tert-OH is 2. The number of sulfonamides is 2. The van der Waals surface area contributed by atoms with E-state index in [-0.39, 0.29) is 61.4 Å². The third-order valence-electron chi connectivity index (χ3n) is 4.27. The third kappa shape index (κ3) is 11.1. The summed E-state index contributed by atoms with van der Waals surface area (Å²) in [7, 11) is -7.36. The summed E-state index contributed by atoms with van der Waals surface area (Å²) in [5.74, 6) is -1.35. The van der Waals surface area contributed by atoms with Crippen LogP contribution in [0.4, 0.5) is 0 Å². The second-order valence-electron chi connectivity index (χ2n) is 6.89. The van der Waals surface area contributed by atoms with E-state index in [9.17, 15) is 26.4 Å². The Hall–Kier alpha value is -1.96. The van der Waals surface area contributed by atoms with Gasteiger partial charge in [-0.05, 0) is 25.2 Å². The monoisotopic (exact) mass is 656 g/mol. The van der Waals surface area contributed by atoms with Crippen molar-refractivity contribution < 1.29 is 63.9 Å². The number of carbonyl (C=O) groups excluding carboxylic acids is 2. The fraction of sp³-hybridized carbons (Fsp3) is 0.364. The standard InChI is InChI=1S/2C7H5NO3S.2C4H11NO.Cd/c2*9-7-5-3-1-2-4-6(5)12(10,11)8-7;2*1-2-5-3-4-6;/h2*1-4H,(H,8,9);2*5-6H,2-4H2,1H3;/q;;;;+2/p-2. The molecule has 0 aliphatic carbocycles. The van der Waals surface area contributed by atoms with E-state index < -0.39 is 31.9 Å². The van der Waals surface area contributed by atoms with Crippen LogP contribution >= 0.6 is 0 Å². The van der Waals surface area contributed by atoms with Crippen LogP contribution in [0, 0.1) is 0 Å². The minimum absolute atomic E-state index is 0. The van der Waals surface area contributed by atoms with E-state index in [4.69, 9.17) is 10.2 Å². The van der Waals surface area contributed by atoms with Gasteiger partial charge in [0.2, 0.25) is 0 Å². The number of aliphatic hydroxyl groups is 2. The fourth-order valence-corrected chi connectivity index (χ4v) is 4.86. The zero-order chi connectivity index (χ0) is 27.2. The molecule has 0 saturated carbocycles. The molecule has 0 saturated heterocycles. The molecule has 200 valence electrons. The van der Waals surface area contributed by atoms with E-state index in [2.05, 4.69) is 20.1 Å². The van der Waals surface area contributed by atoms with E-state index in [0.29, 0.717) is 0 Å². The zero-order valence-corrected chi connectivity index (χ0v) is 26.3. The molecule has 2 aliphatic heterocycles. The molecule has 0 radical (unpaired) electrons. The number of fused-ring (bicyclic) bond motifs is 2. The van der Waals surface area contributed by atoms with Crippen LogP contribution in [0.1, 0.15) is 34.6 Å². The van der Waals surface area contributed by atoms with Crippen molar-refractivity contribution in [3.8, 4) is 0 Å². The first-order valence-corrected chi connectivity index (χ1v) is 13.8. The summed E-state index contributed by atoms with van der Waals surface area (Å²) in [6, 6.07) is 12.0. The molecule has 2 heterocycles. The Morgan fingerprint density at radius 3 is 1.24 bits per heavy atom. The molecule has 0 unspecified atom stereocenters. The van der Waals surface area contributed by atoms with E-state index in [1.54, 1.807) is 24.3 Å². The summed E-state index contributed by atoms with van der Waals surface area (Å²) in [5, 5.41) is 22.2. The Morgan fingerprint density at radius 1 is 0.676 bits per heavy atom. The zero-order valence-electron chi connectivity index (χ0n) is 20.6. The average molecular weight is 655 g/mol. The molecule has 2 amide bonds. The fourth-order valence-electron chi connectivity index (χ4n) is 2.66. The number of amides is 2. The Bertz CT molecular complexity index is 1120. The summed E-state index contributed by atoms with van der Waals surface area (Å²) >= 11 is 0. The number of nitrogens with zero attached hydrogens (tertiary/aromatic N) is 2. The van der Waals surface area contributed by atoms with Crippen molar-refractivity contribution in [1.82, 2.24) is 10.6 Å². The van der Waals surface area contributed by atoms with Crippen LogP contribution in [0.2, 0.25) is 0 Å². The van der Waals surface area contributed by atoms with Crippen molar-refractivity contribution in [2.24, 2.45) is 0 Å². The maximum Gasteiger partial charge on any atom is 2.00 e. The molecule has 37 heavy (non-hydrogen) atoms. The maximum atomic E-state index is 11.1. The van der Waals surface area contributed by atoms with Crippen LogP contribution in [0.15, 0.2) is 58.3 Å². The van der Waals surface area contributed by atoms with Gasteiger partial charge < -0.3 is 39.9 Å². The first kappa shape index (κ1) is 35.0. The van der Waals surface area contributed by atoms with Gasteiger partial charge in [0, 0.05) is 24.2 Å². The number of rotatable bonds is 6. The Kier molecular flexibility index (Phi) is 16.6. The molecule has 2 aromatic carbocycles. The molecular weight excluding hydrogens is 625 g/mol. The Morgan fingerprint density at radius 2 is 1.00 bits per heavy atom. The number of hydrogen-bond acceptors (Lipinski definition) is 10. The van der Waals surface area contributed by atoms with E-state index in [0.717, 1.165) is 26.2 Å². The SMILES string of the molecule is CCNCCO.CCNCCO.O=C1[N-]S(=O)(=O)c2ccccc21.O=C1[N-]S(=O)(=O)c2ccccc21.[Cd+2]. The van der Waals surface area contributed by atoms with Gasteiger partial charge in [0.05, 0.1) is 34.8 Å². The molecule has 0 spiro atoms. The van der Waals surface area contributed by atoms with Gasteiger partial charge >= 0.3 is 27.3 Å². The Balaban J connectivity index is 0.000000491. The number of hydrogen-bond donors (Lipinski definition) is 4. The normalized spacial score (nSPS) is 14.9. The summed E-state index contributed by atoms with van der Waals surface area (Å²) in [6.45, 7) is 7.83. The smallest absolute Gasteiger partial charge is 0.537 e. The van der Waals surface area contributed by atoms with Gasteiger partial charge in [-0.1, -0.05) is 50.2 Å². The van der Waals surface area contributed by atoms with Gasteiger partial charge in [-0.25, -0.2) is 16.8 Å². The van der Waals surface area contributed by atoms with Crippen molar-refractivity contribution in [3.63, 3.8) is 0 Å². The summed E-state index contributed by atoms with van der Waals surface area (Å²) in [6.07, 6.45) is 0. The molecule has 15 heteroatoms. The second-order valence-corrected chi connectivity index (χ2v) is 10.0. The molecule has 4 rings (SSSR count). The van der Waals surface area contributed by atoms with E-state index in [1.807, 2.05) is 13.8 Å². The average Bonchev–Trinajstić information content (AvgIpc) is 3.24. The van der Waals surface area contributed by atoms with E-state index in [1.165, 1.54) is 24.3 Å². The van der Waals surface area contributed by atoms with Crippen LogP contribution in [-0.4, -0.2) is 78.3 Å². The number of benzene rings is 2. The molecule has 0 aromatic heterocycles. The van der Waals surface area contributed by atoms with Gasteiger partial charge in [0.15, 0.2) is 0 Å². The minimum atomic E-state index is -3.68. The molecule has 2 aromatic rings. The van der Waals surface area contributed by atoms with Crippen molar-refractivity contribution in [3.05, 3.63) is 69.1 Å². The molecular formula is C22H30CdN4O8S2. The maximum absolute atomic E-state index is 11.1. The van der Waals surface area contributed by atoms with Crippen molar-refractivity contribution in [2.75, 3.05) is 39.4 Å². The number of likely N-dealkylation sites (N-methyl/N-ethyl adjacent to an activating group) is 2. The summed E-state index contributed by atoms with van der Waals surface area (Å²) < 4.78 is 50.3. The topological polar surface area (TPSA) is 195 Å². The molecule has 0 atom stereocenters. The predicted octanol–water partition coefficient (Wildman–Crippen LogP) is 0.980. The summed E-state index contributed by atoms with van der Waals surface area (Å²) in [5.41, 5.74) is 0.329. The second kappa shape index (κ2) is 17.5. The van der Waals surface area contributed by atoms with Crippen LogP contribution in [0.25, 0.3) is 9.44 Å². The van der Waals surface area contributed by atoms with Gasteiger partial charge in [0.1, 0.15) is 20.0 Å². The third-order valence-corrected chi connectivity index (χ3v) is 6.91. The first-order valence-electron chi connectivity index (χ1n) is 10.9. The largest absolute Gasteiger partial charge is 2.00 e. The molecule has 12 nitrogen and oxygen atoms in total. The quantitative estimate of drug-likeness (QED) is 0.258. The molecule has 0 bridgehead atoms. The van der Waals surface area contributed by atoms with Gasteiger partial charge in [-0.15, -0.1) is 0 Å². The first-order chi connectivity index (χ1) is 17.1. The number of nitrogens with one attached hydrogen (secondary N) is 2. The molecule has 4 N–H and O–H groups in total. The Labute approximate surface area is 237 Å². The van der Waals surface area contributed by atoms with Gasteiger partial charge in [-0.3, -0.25) is 0 Å². The summed E-state index contributed by atoms with van der Waals surface area (Å²) in [4.78, 5) is 21.9. The number of carbonyl (C=O) groups is 2. The van der Waals surface area contributed by atoms with Crippen LogP contribution < -0.4 is 10.6 Å². The van der Waals surface area contributed by atoms with Crippen LogP contribution in [0.3, 0.4) is 0 Å². The van der Waals surface area contributed by atoms with Gasteiger partial charge in [-0.2, -0.15) is 0 Å². The van der Waals surface area contributed by atoms with Crippen molar-refractivity contribution >= 4 is 31.9 Å². The van der Waals surface area contributed by atoms with Crippen molar-refractivity contribution in [2.45, 2.75) is 23.6 Å². The minimum Gasteiger partial charge on any atom is -0.537 e. The van der Waals surface area contributed by atoms with Crippen molar-refractivity contribution in [1.29, 1.82) is 0 Å².